The third-order valence-corrected chi connectivity index (χ3v) is 4.97. The van der Waals surface area contributed by atoms with Gasteiger partial charge < -0.3 is 24.3 Å². The topological polar surface area (TPSA) is 89.8 Å². The van der Waals surface area contributed by atoms with Gasteiger partial charge in [0, 0.05) is 12.1 Å². The SMILES string of the molecule is CCOc1cc(/C=C(\C#N)C(=O)Nc2cc(OC)c(Cl)cc2OC)cc(Br)c1OC(C)C. The number of hydrogen-bond acceptors (Lipinski definition) is 6. The second-order valence-electron chi connectivity index (χ2n) is 6.74. The summed E-state index contributed by atoms with van der Waals surface area (Å²) in [5.74, 6) is 1.13. The number of ether oxygens (including phenoxy) is 4. The number of carbonyl (C=O) groups excluding carboxylic acids is 1. The van der Waals surface area contributed by atoms with E-state index in [9.17, 15) is 10.1 Å². The summed E-state index contributed by atoms with van der Waals surface area (Å²) in [6.07, 6.45) is 1.40. The number of nitriles is 1. The molecule has 1 N–H and O–H groups in total. The van der Waals surface area contributed by atoms with E-state index in [-0.39, 0.29) is 11.7 Å². The second kappa shape index (κ2) is 11.7. The third-order valence-electron chi connectivity index (χ3n) is 4.08. The average Bonchev–Trinajstić information content (AvgIpc) is 2.75. The Morgan fingerprint density at radius 3 is 2.44 bits per heavy atom. The Kier molecular flexibility index (Phi) is 9.24. The van der Waals surface area contributed by atoms with Crippen molar-refractivity contribution in [2.24, 2.45) is 0 Å². The Balaban J connectivity index is 2.41. The maximum atomic E-state index is 12.8. The van der Waals surface area contributed by atoms with Gasteiger partial charge in [-0.15, -0.1) is 0 Å². The van der Waals surface area contributed by atoms with E-state index in [0.717, 1.165) is 0 Å². The summed E-state index contributed by atoms with van der Waals surface area (Å²) in [4.78, 5) is 12.8. The lowest BCUT2D eigenvalue weighted by molar-refractivity contribution is -0.112. The first-order valence-electron chi connectivity index (χ1n) is 9.71. The van der Waals surface area contributed by atoms with E-state index in [4.69, 9.17) is 30.5 Å². The van der Waals surface area contributed by atoms with Crippen LogP contribution in [0, 0.1) is 11.3 Å². The molecule has 1 amide bonds. The van der Waals surface area contributed by atoms with E-state index in [1.165, 1.54) is 32.4 Å². The molecule has 0 fully saturated rings. The summed E-state index contributed by atoms with van der Waals surface area (Å²) < 4.78 is 22.6. The highest BCUT2D eigenvalue weighted by Gasteiger charge is 2.17. The zero-order valence-corrected chi connectivity index (χ0v) is 20.8. The smallest absolute Gasteiger partial charge is 0.266 e. The summed E-state index contributed by atoms with van der Waals surface area (Å²) >= 11 is 9.59. The van der Waals surface area contributed by atoms with Crippen LogP contribution >= 0.6 is 27.5 Å². The van der Waals surface area contributed by atoms with Crippen LogP contribution in [0.3, 0.4) is 0 Å². The first kappa shape index (κ1) is 25.4. The van der Waals surface area contributed by atoms with Gasteiger partial charge in [-0.2, -0.15) is 5.26 Å². The summed E-state index contributed by atoms with van der Waals surface area (Å²) in [6, 6.07) is 8.43. The first-order chi connectivity index (χ1) is 15.2. The zero-order valence-electron chi connectivity index (χ0n) is 18.4. The monoisotopic (exact) mass is 522 g/mol. The van der Waals surface area contributed by atoms with Crippen molar-refractivity contribution in [3.63, 3.8) is 0 Å². The number of benzene rings is 2. The standard InChI is InChI=1S/C23H24BrClN2O5/c1-6-31-21-9-14(8-16(24)22(21)32-13(2)3)7-15(12-26)23(28)27-18-11-19(29-4)17(25)10-20(18)30-5/h7-11,13H,6H2,1-5H3,(H,27,28)/b15-7+. The van der Waals surface area contributed by atoms with Crippen molar-refractivity contribution in [1.82, 2.24) is 0 Å². The highest BCUT2D eigenvalue weighted by molar-refractivity contribution is 9.10. The molecular formula is C23H24BrClN2O5. The normalized spacial score (nSPS) is 11.0. The third kappa shape index (κ3) is 6.31. The van der Waals surface area contributed by atoms with E-state index in [1.54, 1.807) is 12.1 Å². The van der Waals surface area contributed by atoms with Crippen LogP contribution in [0.1, 0.15) is 26.3 Å². The Labute approximate surface area is 201 Å². The number of methoxy groups -OCH3 is 2. The van der Waals surface area contributed by atoms with Gasteiger partial charge in [0.15, 0.2) is 11.5 Å². The van der Waals surface area contributed by atoms with Crippen molar-refractivity contribution in [2.45, 2.75) is 26.9 Å². The van der Waals surface area contributed by atoms with Crippen molar-refractivity contribution < 1.29 is 23.7 Å². The highest BCUT2D eigenvalue weighted by Crippen LogP contribution is 2.39. The maximum Gasteiger partial charge on any atom is 0.266 e. The minimum absolute atomic E-state index is 0.0568. The quantitative estimate of drug-likeness (QED) is 0.327. The molecule has 0 aliphatic heterocycles. The average molecular weight is 524 g/mol. The molecular weight excluding hydrogens is 500 g/mol. The molecule has 0 atom stereocenters. The van der Waals surface area contributed by atoms with E-state index in [2.05, 4.69) is 21.2 Å². The lowest BCUT2D eigenvalue weighted by atomic mass is 10.1. The molecule has 0 heterocycles. The van der Waals surface area contributed by atoms with Gasteiger partial charge in [0.1, 0.15) is 23.1 Å². The summed E-state index contributed by atoms with van der Waals surface area (Å²) in [6.45, 7) is 6.11. The number of nitrogens with one attached hydrogen (secondary N) is 1. The van der Waals surface area contributed by atoms with Gasteiger partial charge in [-0.25, -0.2) is 0 Å². The minimum atomic E-state index is -0.619. The molecule has 170 valence electrons. The summed E-state index contributed by atoms with van der Waals surface area (Å²) in [7, 11) is 2.91. The van der Waals surface area contributed by atoms with Gasteiger partial charge in [0.2, 0.25) is 0 Å². The number of carbonyl (C=O) groups is 1. The molecule has 2 rings (SSSR count). The molecule has 0 bridgehead atoms. The van der Waals surface area contributed by atoms with Crippen molar-refractivity contribution in [1.29, 1.82) is 5.26 Å². The van der Waals surface area contributed by atoms with Crippen LogP contribution in [-0.2, 0) is 4.79 Å². The largest absolute Gasteiger partial charge is 0.495 e. The summed E-state index contributed by atoms with van der Waals surface area (Å²) in [5, 5.41) is 12.6. The van der Waals surface area contributed by atoms with Crippen LogP contribution in [0.25, 0.3) is 6.08 Å². The number of halogens is 2. The Hall–Kier alpha value is -2.89. The van der Waals surface area contributed by atoms with Gasteiger partial charge >= 0.3 is 0 Å². The fourth-order valence-electron chi connectivity index (χ4n) is 2.75. The fraction of sp³-hybridized carbons (Fsp3) is 0.304. The molecule has 0 unspecified atom stereocenters. The van der Waals surface area contributed by atoms with Gasteiger partial charge in [0.05, 0.1) is 42.1 Å². The van der Waals surface area contributed by atoms with Gasteiger partial charge in [0.25, 0.3) is 5.91 Å². The number of amides is 1. The molecule has 0 aliphatic carbocycles. The van der Waals surface area contributed by atoms with Gasteiger partial charge in [-0.1, -0.05) is 11.6 Å². The Morgan fingerprint density at radius 1 is 1.19 bits per heavy atom. The lowest BCUT2D eigenvalue weighted by Crippen LogP contribution is -2.14. The van der Waals surface area contributed by atoms with Crippen LogP contribution in [0.15, 0.2) is 34.3 Å². The molecule has 0 aliphatic rings. The lowest BCUT2D eigenvalue weighted by Gasteiger charge is -2.17. The highest BCUT2D eigenvalue weighted by atomic mass is 79.9. The van der Waals surface area contributed by atoms with Crippen molar-refractivity contribution in [3.05, 3.63) is 44.9 Å². The van der Waals surface area contributed by atoms with Crippen LogP contribution < -0.4 is 24.3 Å². The van der Waals surface area contributed by atoms with Crippen LogP contribution in [0.4, 0.5) is 5.69 Å². The maximum absolute atomic E-state index is 12.8. The van der Waals surface area contributed by atoms with Crippen molar-refractivity contribution >= 4 is 45.2 Å². The molecule has 2 aromatic carbocycles. The zero-order chi connectivity index (χ0) is 23.8. The number of rotatable bonds is 9. The number of anilines is 1. The molecule has 0 spiro atoms. The molecule has 0 radical (unpaired) electrons. The molecule has 2 aromatic rings. The molecule has 0 saturated heterocycles. The van der Waals surface area contributed by atoms with E-state index >= 15 is 0 Å². The van der Waals surface area contributed by atoms with Crippen molar-refractivity contribution in [3.8, 4) is 29.1 Å². The van der Waals surface area contributed by atoms with E-state index < -0.39 is 5.91 Å². The molecule has 0 aromatic heterocycles. The van der Waals surface area contributed by atoms with Crippen molar-refractivity contribution in [2.75, 3.05) is 26.1 Å². The van der Waals surface area contributed by atoms with E-state index in [1.807, 2.05) is 26.8 Å². The predicted molar refractivity (Wildman–Crippen MR) is 128 cm³/mol. The Bertz CT molecular complexity index is 1060. The minimum Gasteiger partial charge on any atom is -0.495 e. The van der Waals surface area contributed by atoms with Crippen LogP contribution in [0.5, 0.6) is 23.0 Å². The van der Waals surface area contributed by atoms with Crippen LogP contribution in [-0.4, -0.2) is 32.8 Å². The molecule has 0 saturated carbocycles. The molecule has 7 nitrogen and oxygen atoms in total. The fourth-order valence-corrected chi connectivity index (χ4v) is 3.53. The number of nitrogens with zero attached hydrogens (tertiary/aromatic N) is 1. The molecule has 32 heavy (non-hydrogen) atoms. The predicted octanol–water partition coefficient (Wildman–Crippen LogP) is 5.85. The second-order valence-corrected chi connectivity index (χ2v) is 8.00. The Morgan fingerprint density at radius 2 is 1.88 bits per heavy atom. The summed E-state index contributed by atoms with van der Waals surface area (Å²) in [5.41, 5.74) is 0.786. The van der Waals surface area contributed by atoms with Gasteiger partial charge in [-0.3, -0.25) is 4.79 Å². The van der Waals surface area contributed by atoms with E-state index in [0.29, 0.717) is 50.4 Å². The van der Waals surface area contributed by atoms with Gasteiger partial charge in [-0.05, 0) is 60.5 Å². The number of hydrogen-bond donors (Lipinski definition) is 1. The molecule has 9 heteroatoms. The first-order valence-corrected chi connectivity index (χ1v) is 10.9. The van der Waals surface area contributed by atoms with Crippen LogP contribution in [0.2, 0.25) is 5.02 Å².